The molecule has 0 bridgehead atoms. The van der Waals surface area contributed by atoms with Gasteiger partial charge >= 0.3 is 0 Å². The van der Waals surface area contributed by atoms with E-state index in [-0.39, 0.29) is 18.1 Å². The van der Waals surface area contributed by atoms with Crippen LogP contribution in [0.5, 0.6) is 0 Å². The van der Waals surface area contributed by atoms with Crippen LogP contribution in [-0.2, 0) is 9.84 Å². The maximum atomic E-state index is 11.0. The van der Waals surface area contributed by atoms with Gasteiger partial charge in [0.15, 0.2) is 0 Å². The zero-order valence-electron chi connectivity index (χ0n) is 8.44. The number of aliphatic hydroxyl groups is 2. The highest BCUT2D eigenvalue weighted by Crippen LogP contribution is 1.92. The molecular formula is C8H19NO4S. The van der Waals surface area contributed by atoms with E-state index in [0.717, 1.165) is 0 Å². The van der Waals surface area contributed by atoms with Crippen molar-refractivity contribution in [2.45, 2.75) is 19.4 Å². The van der Waals surface area contributed by atoms with Crippen LogP contribution in [0, 0.1) is 0 Å². The fraction of sp³-hybridized carbons (Fsp3) is 1.00. The van der Waals surface area contributed by atoms with Crippen LogP contribution in [0.4, 0.5) is 0 Å². The molecule has 0 aliphatic rings. The third-order valence-corrected chi connectivity index (χ3v) is 3.63. The van der Waals surface area contributed by atoms with Crippen molar-refractivity contribution in [1.82, 2.24) is 5.32 Å². The van der Waals surface area contributed by atoms with Gasteiger partial charge in [0, 0.05) is 12.3 Å². The summed E-state index contributed by atoms with van der Waals surface area (Å²) in [5.41, 5.74) is 0. The van der Waals surface area contributed by atoms with Crippen LogP contribution in [-0.4, -0.2) is 55.9 Å². The Morgan fingerprint density at radius 3 is 2.57 bits per heavy atom. The Morgan fingerprint density at radius 2 is 2.07 bits per heavy atom. The molecule has 0 amide bonds. The fourth-order valence-corrected chi connectivity index (χ4v) is 1.77. The molecule has 14 heavy (non-hydrogen) atoms. The maximum absolute atomic E-state index is 11.0. The average Bonchev–Trinajstić information content (AvgIpc) is 2.17. The van der Waals surface area contributed by atoms with Gasteiger partial charge in [-0.25, -0.2) is 8.42 Å². The topological polar surface area (TPSA) is 86.6 Å². The van der Waals surface area contributed by atoms with E-state index in [1.165, 1.54) is 0 Å². The number of nitrogens with one attached hydrogen (secondary N) is 1. The Bertz CT molecular complexity index is 227. The van der Waals surface area contributed by atoms with Crippen molar-refractivity contribution >= 4 is 9.84 Å². The van der Waals surface area contributed by atoms with Crippen molar-refractivity contribution in [3.8, 4) is 0 Å². The monoisotopic (exact) mass is 225 g/mol. The highest BCUT2D eigenvalue weighted by atomic mass is 32.2. The number of aliphatic hydroxyl groups excluding tert-OH is 2. The molecule has 0 aliphatic carbocycles. The standard InChI is InChI=1S/C8H19NO4S/c1-2-14(12,13)5-3-4-9-6-8(11)7-10/h8-11H,2-7H2,1H3. The van der Waals surface area contributed by atoms with Crippen molar-refractivity contribution in [2.75, 3.05) is 31.2 Å². The van der Waals surface area contributed by atoms with Crippen LogP contribution < -0.4 is 5.32 Å². The summed E-state index contributed by atoms with van der Waals surface area (Å²) in [5, 5.41) is 20.3. The molecule has 0 heterocycles. The van der Waals surface area contributed by atoms with Gasteiger partial charge in [0.1, 0.15) is 9.84 Å². The third kappa shape index (κ3) is 7.25. The zero-order chi connectivity index (χ0) is 11.0. The summed E-state index contributed by atoms with van der Waals surface area (Å²) in [6.07, 6.45) is -0.230. The first-order valence-electron chi connectivity index (χ1n) is 4.72. The lowest BCUT2D eigenvalue weighted by Crippen LogP contribution is -2.30. The van der Waals surface area contributed by atoms with Crippen LogP contribution >= 0.6 is 0 Å². The highest BCUT2D eigenvalue weighted by molar-refractivity contribution is 7.91. The Kier molecular flexibility index (Phi) is 7.08. The molecule has 0 rings (SSSR count). The lowest BCUT2D eigenvalue weighted by molar-refractivity contribution is 0.0946. The first-order valence-corrected chi connectivity index (χ1v) is 6.54. The van der Waals surface area contributed by atoms with Gasteiger partial charge < -0.3 is 15.5 Å². The molecule has 0 fully saturated rings. The second-order valence-electron chi connectivity index (χ2n) is 3.13. The van der Waals surface area contributed by atoms with E-state index in [1.54, 1.807) is 6.92 Å². The second-order valence-corrected chi connectivity index (χ2v) is 5.60. The molecule has 0 aliphatic heterocycles. The summed E-state index contributed by atoms with van der Waals surface area (Å²) in [6.45, 7) is 2.18. The van der Waals surface area contributed by atoms with E-state index in [9.17, 15) is 8.42 Å². The minimum Gasteiger partial charge on any atom is -0.394 e. The molecule has 0 aromatic rings. The van der Waals surface area contributed by atoms with Crippen LogP contribution in [0.25, 0.3) is 0 Å². The summed E-state index contributed by atoms with van der Waals surface area (Å²) < 4.78 is 22.1. The molecule has 0 radical (unpaired) electrons. The first kappa shape index (κ1) is 13.8. The van der Waals surface area contributed by atoms with Crippen LogP contribution in [0.3, 0.4) is 0 Å². The molecule has 86 valence electrons. The van der Waals surface area contributed by atoms with E-state index in [0.29, 0.717) is 19.5 Å². The molecule has 0 aromatic heterocycles. The van der Waals surface area contributed by atoms with Crippen molar-refractivity contribution in [2.24, 2.45) is 0 Å². The predicted molar refractivity (Wildman–Crippen MR) is 54.9 cm³/mol. The van der Waals surface area contributed by atoms with Crippen molar-refractivity contribution in [3.63, 3.8) is 0 Å². The van der Waals surface area contributed by atoms with Crippen LogP contribution in [0.15, 0.2) is 0 Å². The molecule has 0 saturated heterocycles. The SMILES string of the molecule is CCS(=O)(=O)CCCNCC(O)CO. The first-order chi connectivity index (χ1) is 6.52. The number of sulfone groups is 1. The molecule has 3 N–H and O–H groups in total. The van der Waals surface area contributed by atoms with Crippen LogP contribution in [0.2, 0.25) is 0 Å². The predicted octanol–water partition coefficient (Wildman–Crippen LogP) is -1.25. The Hall–Kier alpha value is -0.170. The quantitative estimate of drug-likeness (QED) is 0.450. The molecule has 6 heteroatoms. The lowest BCUT2D eigenvalue weighted by atomic mass is 10.3. The smallest absolute Gasteiger partial charge is 0.150 e. The lowest BCUT2D eigenvalue weighted by Gasteiger charge is -2.08. The number of rotatable bonds is 8. The molecule has 1 unspecified atom stereocenters. The molecule has 0 saturated carbocycles. The van der Waals surface area contributed by atoms with Gasteiger partial charge in [-0.2, -0.15) is 0 Å². The molecule has 5 nitrogen and oxygen atoms in total. The molecule has 0 aromatic carbocycles. The maximum Gasteiger partial charge on any atom is 0.150 e. The third-order valence-electron chi connectivity index (χ3n) is 1.84. The normalized spacial score (nSPS) is 14.2. The number of hydrogen-bond donors (Lipinski definition) is 3. The van der Waals surface area contributed by atoms with Gasteiger partial charge in [0.25, 0.3) is 0 Å². The van der Waals surface area contributed by atoms with Gasteiger partial charge in [0.05, 0.1) is 18.5 Å². The second kappa shape index (κ2) is 7.17. The Labute approximate surface area is 85.1 Å². The van der Waals surface area contributed by atoms with Gasteiger partial charge in [-0.15, -0.1) is 0 Å². The van der Waals surface area contributed by atoms with Crippen molar-refractivity contribution in [1.29, 1.82) is 0 Å². The summed E-state index contributed by atoms with van der Waals surface area (Å²) in [5.74, 6) is 0.345. The van der Waals surface area contributed by atoms with Crippen LogP contribution in [0.1, 0.15) is 13.3 Å². The van der Waals surface area contributed by atoms with Gasteiger partial charge in [0.2, 0.25) is 0 Å². The summed E-state index contributed by atoms with van der Waals surface area (Å²) in [4.78, 5) is 0. The van der Waals surface area contributed by atoms with Gasteiger partial charge in [-0.3, -0.25) is 0 Å². The van der Waals surface area contributed by atoms with Crippen molar-refractivity contribution < 1.29 is 18.6 Å². The summed E-state index contributed by atoms with van der Waals surface area (Å²) >= 11 is 0. The molecule has 1 atom stereocenters. The molecular weight excluding hydrogens is 206 g/mol. The zero-order valence-corrected chi connectivity index (χ0v) is 9.26. The van der Waals surface area contributed by atoms with E-state index in [2.05, 4.69) is 5.32 Å². The van der Waals surface area contributed by atoms with Gasteiger partial charge in [-0.1, -0.05) is 6.92 Å². The Balaban J connectivity index is 3.39. The summed E-state index contributed by atoms with van der Waals surface area (Å²) in [7, 11) is -2.88. The summed E-state index contributed by atoms with van der Waals surface area (Å²) in [6, 6.07) is 0. The Morgan fingerprint density at radius 1 is 1.43 bits per heavy atom. The average molecular weight is 225 g/mol. The minimum atomic E-state index is -2.88. The van der Waals surface area contributed by atoms with Gasteiger partial charge in [-0.05, 0) is 13.0 Å². The van der Waals surface area contributed by atoms with E-state index >= 15 is 0 Å². The van der Waals surface area contributed by atoms with E-state index in [4.69, 9.17) is 10.2 Å². The molecule has 0 spiro atoms. The fourth-order valence-electron chi connectivity index (χ4n) is 0.895. The number of hydrogen-bond acceptors (Lipinski definition) is 5. The van der Waals surface area contributed by atoms with E-state index < -0.39 is 15.9 Å². The van der Waals surface area contributed by atoms with Crippen molar-refractivity contribution in [3.05, 3.63) is 0 Å². The highest BCUT2D eigenvalue weighted by Gasteiger charge is 2.06. The largest absolute Gasteiger partial charge is 0.394 e. The van der Waals surface area contributed by atoms with E-state index in [1.807, 2.05) is 0 Å². The minimum absolute atomic E-state index is 0.172.